The molecule has 1 aromatic rings. The van der Waals surface area contributed by atoms with Crippen LogP contribution in [0.5, 0.6) is 0 Å². The molecule has 0 saturated carbocycles. The van der Waals surface area contributed by atoms with Crippen LogP contribution in [0, 0.1) is 5.92 Å². The first-order valence-electron chi connectivity index (χ1n) is 5.48. The van der Waals surface area contributed by atoms with Gasteiger partial charge in [0, 0.05) is 6.04 Å². The van der Waals surface area contributed by atoms with Crippen molar-refractivity contribution in [3.05, 3.63) is 24.2 Å². The van der Waals surface area contributed by atoms with Crippen molar-refractivity contribution in [2.24, 2.45) is 5.92 Å². The number of furan rings is 1. The Bertz CT molecular complexity index is 228. The maximum absolute atomic E-state index is 5.07. The minimum atomic E-state index is 0.563. The lowest BCUT2D eigenvalue weighted by atomic mass is 9.98. The maximum Gasteiger partial charge on any atom is 0.0935 e. The monoisotopic (exact) mass is 195 g/mol. The number of hydrogen-bond acceptors (Lipinski definition) is 2. The molecule has 0 amide bonds. The highest BCUT2D eigenvalue weighted by atomic mass is 16.3. The second kappa shape index (κ2) is 5.86. The average Bonchev–Trinajstić information content (AvgIpc) is 2.64. The van der Waals surface area contributed by atoms with Gasteiger partial charge >= 0.3 is 0 Å². The van der Waals surface area contributed by atoms with Crippen molar-refractivity contribution in [3.63, 3.8) is 0 Å². The molecule has 1 unspecified atom stereocenters. The number of hydrogen-bond donors (Lipinski definition) is 1. The van der Waals surface area contributed by atoms with E-state index < -0.39 is 0 Å². The molecule has 1 rings (SSSR count). The predicted molar refractivity (Wildman–Crippen MR) is 59.3 cm³/mol. The Balaban J connectivity index is 2.43. The van der Waals surface area contributed by atoms with Crippen molar-refractivity contribution in [3.8, 4) is 0 Å². The topological polar surface area (TPSA) is 25.2 Å². The summed E-state index contributed by atoms with van der Waals surface area (Å²) in [5.41, 5.74) is 1.28. The molecule has 0 radical (unpaired) electrons. The molecule has 0 fully saturated rings. The van der Waals surface area contributed by atoms with E-state index in [1.54, 1.807) is 6.26 Å². The van der Waals surface area contributed by atoms with Gasteiger partial charge in [-0.1, -0.05) is 20.8 Å². The molecular formula is C12H21NO. The molecule has 0 bridgehead atoms. The largest absolute Gasteiger partial charge is 0.472 e. The summed E-state index contributed by atoms with van der Waals surface area (Å²) in [6.07, 6.45) is 5.83. The zero-order valence-electron chi connectivity index (χ0n) is 9.42. The van der Waals surface area contributed by atoms with Gasteiger partial charge in [0.2, 0.25) is 0 Å². The maximum atomic E-state index is 5.07. The third-order valence-electron chi connectivity index (χ3n) is 2.50. The fourth-order valence-electron chi connectivity index (χ4n) is 1.54. The van der Waals surface area contributed by atoms with E-state index in [2.05, 4.69) is 26.1 Å². The van der Waals surface area contributed by atoms with Gasteiger partial charge in [-0.05, 0) is 36.9 Å². The summed E-state index contributed by atoms with van der Waals surface area (Å²) < 4.78 is 5.07. The summed E-state index contributed by atoms with van der Waals surface area (Å²) in [5.74, 6) is 0.663. The molecule has 1 N–H and O–H groups in total. The van der Waals surface area contributed by atoms with E-state index in [4.69, 9.17) is 4.42 Å². The molecule has 0 spiro atoms. The third kappa shape index (κ3) is 3.54. The number of rotatable bonds is 6. The van der Waals surface area contributed by atoms with Crippen molar-refractivity contribution < 1.29 is 4.42 Å². The van der Waals surface area contributed by atoms with Crippen molar-refractivity contribution in [1.82, 2.24) is 5.32 Å². The lowest BCUT2D eigenvalue weighted by Gasteiger charge is -2.21. The highest BCUT2D eigenvalue weighted by Gasteiger charge is 2.13. The molecule has 0 aromatic carbocycles. The van der Waals surface area contributed by atoms with E-state index in [9.17, 15) is 0 Å². The molecule has 0 aliphatic carbocycles. The molecule has 14 heavy (non-hydrogen) atoms. The minimum Gasteiger partial charge on any atom is -0.472 e. The fraction of sp³-hybridized carbons (Fsp3) is 0.667. The highest BCUT2D eigenvalue weighted by molar-refractivity contribution is 5.07. The Kier molecular flexibility index (Phi) is 4.74. The van der Waals surface area contributed by atoms with Crippen LogP contribution in [0.25, 0.3) is 0 Å². The van der Waals surface area contributed by atoms with Crippen LogP contribution in [-0.2, 0) is 6.42 Å². The molecule has 0 aliphatic rings. The second-order valence-corrected chi connectivity index (χ2v) is 4.14. The summed E-state index contributed by atoms with van der Waals surface area (Å²) in [6.45, 7) is 7.81. The van der Waals surface area contributed by atoms with Gasteiger partial charge in [0.1, 0.15) is 0 Å². The van der Waals surface area contributed by atoms with Crippen molar-refractivity contribution in [1.29, 1.82) is 0 Å². The zero-order valence-corrected chi connectivity index (χ0v) is 9.42. The molecule has 0 saturated heterocycles. The van der Waals surface area contributed by atoms with Crippen LogP contribution in [0.3, 0.4) is 0 Å². The average molecular weight is 195 g/mol. The molecule has 0 aliphatic heterocycles. The van der Waals surface area contributed by atoms with Gasteiger partial charge in [0.25, 0.3) is 0 Å². The van der Waals surface area contributed by atoms with Crippen molar-refractivity contribution in [2.75, 3.05) is 6.54 Å². The van der Waals surface area contributed by atoms with Gasteiger partial charge < -0.3 is 9.73 Å². The quantitative estimate of drug-likeness (QED) is 0.755. The first-order chi connectivity index (χ1) is 6.74. The SMILES string of the molecule is CCCNC(Cc1ccoc1)C(C)C. The van der Waals surface area contributed by atoms with Crippen LogP contribution in [-0.4, -0.2) is 12.6 Å². The molecule has 2 nitrogen and oxygen atoms in total. The van der Waals surface area contributed by atoms with E-state index >= 15 is 0 Å². The van der Waals surface area contributed by atoms with E-state index in [0.29, 0.717) is 12.0 Å². The van der Waals surface area contributed by atoms with Gasteiger partial charge in [-0.15, -0.1) is 0 Å². The lowest BCUT2D eigenvalue weighted by Crippen LogP contribution is -2.36. The molecule has 1 atom stereocenters. The summed E-state index contributed by atoms with van der Waals surface area (Å²) in [6, 6.07) is 2.61. The first kappa shape index (κ1) is 11.3. The summed E-state index contributed by atoms with van der Waals surface area (Å²) >= 11 is 0. The molecule has 80 valence electrons. The van der Waals surface area contributed by atoms with Crippen LogP contribution < -0.4 is 5.32 Å². The summed E-state index contributed by atoms with van der Waals surface area (Å²) in [4.78, 5) is 0. The second-order valence-electron chi connectivity index (χ2n) is 4.14. The summed E-state index contributed by atoms with van der Waals surface area (Å²) in [7, 11) is 0. The number of nitrogens with one attached hydrogen (secondary N) is 1. The molecular weight excluding hydrogens is 174 g/mol. The van der Waals surface area contributed by atoms with Gasteiger partial charge in [-0.3, -0.25) is 0 Å². The van der Waals surface area contributed by atoms with Gasteiger partial charge in [0.15, 0.2) is 0 Å². The molecule has 2 heteroatoms. The van der Waals surface area contributed by atoms with Gasteiger partial charge in [0.05, 0.1) is 12.5 Å². The normalized spacial score (nSPS) is 13.4. The lowest BCUT2D eigenvalue weighted by molar-refractivity contribution is 0.396. The highest BCUT2D eigenvalue weighted by Crippen LogP contribution is 2.10. The van der Waals surface area contributed by atoms with Crippen LogP contribution >= 0.6 is 0 Å². The first-order valence-corrected chi connectivity index (χ1v) is 5.48. The van der Waals surface area contributed by atoms with Crippen LogP contribution in [0.2, 0.25) is 0 Å². The third-order valence-corrected chi connectivity index (χ3v) is 2.50. The van der Waals surface area contributed by atoms with E-state index in [-0.39, 0.29) is 0 Å². The van der Waals surface area contributed by atoms with E-state index in [1.807, 2.05) is 12.3 Å². The Hall–Kier alpha value is -0.760. The standard InChI is InChI=1S/C12H21NO/c1-4-6-13-12(10(2)3)8-11-5-7-14-9-11/h5,7,9-10,12-13H,4,6,8H2,1-3H3. The van der Waals surface area contributed by atoms with Gasteiger partial charge in [-0.2, -0.15) is 0 Å². The van der Waals surface area contributed by atoms with Crippen molar-refractivity contribution in [2.45, 2.75) is 39.7 Å². The minimum absolute atomic E-state index is 0.563. The Morgan fingerprint density at radius 2 is 2.21 bits per heavy atom. The van der Waals surface area contributed by atoms with Crippen LogP contribution in [0.1, 0.15) is 32.8 Å². The fourth-order valence-corrected chi connectivity index (χ4v) is 1.54. The van der Waals surface area contributed by atoms with Gasteiger partial charge in [-0.25, -0.2) is 0 Å². The Morgan fingerprint density at radius 1 is 1.43 bits per heavy atom. The zero-order chi connectivity index (χ0) is 10.4. The van der Waals surface area contributed by atoms with E-state index in [1.165, 1.54) is 12.0 Å². The smallest absolute Gasteiger partial charge is 0.0935 e. The van der Waals surface area contributed by atoms with Crippen LogP contribution in [0.4, 0.5) is 0 Å². The Morgan fingerprint density at radius 3 is 2.71 bits per heavy atom. The molecule has 1 aromatic heterocycles. The van der Waals surface area contributed by atoms with E-state index in [0.717, 1.165) is 13.0 Å². The van der Waals surface area contributed by atoms with Crippen LogP contribution in [0.15, 0.2) is 23.0 Å². The molecule has 1 heterocycles. The van der Waals surface area contributed by atoms with Crippen molar-refractivity contribution >= 4 is 0 Å². The predicted octanol–water partition coefficient (Wildman–Crippen LogP) is 2.85. The summed E-state index contributed by atoms with van der Waals surface area (Å²) in [5, 5.41) is 3.57. The Labute approximate surface area is 86.7 Å².